The van der Waals surface area contributed by atoms with E-state index in [0.29, 0.717) is 18.0 Å². The molecular formula is C17H24ClN3O2. The summed E-state index contributed by atoms with van der Waals surface area (Å²) in [6.07, 6.45) is 3.10. The number of carbonyl (C=O) groups is 1. The first-order chi connectivity index (χ1) is 10.3. The van der Waals surface area contributed by atoms with Crippen LogP contribution in [0, 0.1) is 13.8 Å². The Morgan fingerprint density at radius 2 is 2.09 bits per heavy atom. The summed E-state index contributed by atoms with van der Waals surface area (Å²) in [6, 6.07) is 5.65. The smallest absolute Gasteiger partial charge is 0.244 e. The lowest BCUT2D eigenvalue weighted by molar-refractivity contribution is -0.120. The Hall–Kier alpha value is -1.85. The van der Waals surface area contributed by atoms with Crippen molar-refractivity contribution in [3.63, 3.8) is 0 Å². The topological polar surface area (TPSA) is 81.2 Å². The molecule has 1 unspecified atom stereocenters. The Morgan fingerprint density at radius 3 is 2.65 bits per heavy atom. The van der Waals surface area contributed by atoms with Crippen LogP contribution < -0.4 is 11.1 Å². The fraction of sp³-hybridized carbons (Fsp3) is 0.412. The van der Waals surface area contributed by atoms with Crippen molar-refractivity contribution in [1.29, 1.82) is 0 Å². The molecule has 0 radical (unpaired) electrons. The third-order valence-corrected chi connectivity index (χ3v) is 3.63. The average Bonchev–Trinajstić information content (AvgIpc) is 2.87. The molecule has 0 aliphatic carbocycles. The quantitative estimate of drug-likeness (QED) is 0.868. The molecule has 0 saturated heterocycles. The number of anilines is 1. The van der Waals surface area contributed by atoms with Gasteiger partial charge in [-0.15, -0.1) is 12.4 Å². The second kappa shape index (κ2) is 7.62. The zero-order chi connectivity index (χ0) is 16.3. The van der Waals surface area contributed by atoms with Crippen molar-refractivity contribution < 1.29 is 9.21 Å². The number of hydrogen-bond acceptors (Lipinski definition) is 4. The molecule has 0 aliphatic rings. The Balaban J connectivity index is 0.00000264. The van der Waals surface area contributed by atoms with Crippen molar-refractivity contribution in [2.75, 3.05) is 5.32 Å². The average molecular weight is 338 g/mol. The molecule has 2 rings (SSSR count). The van der Waals surface area contributed by atoms with Gasteiger partial charge in [0.15, 0.2) is 0 Å². The van der Waals surface area contributed by atoms with E-state index in [1.165, 1.54) is 0 Å². The molecule has 1 heterocycles. The fourth-order valence-electron chi connectivity index (χ4n) is 2.31. The van der Waals surface area contributed by atoms with E-state index < -0.39 is 5.54 Å². The number of aryl methyl sites for hydroxylation is 2. The summed E-state index contributed by atoms with van der Waals surface area (Å²) in [5.74, 6) is 0.364. The van der Waals surface area contributed by atoms with Gasteiger partial charge >= 0.3 is 0 Å². The van der Waals surface area contributed by atoms with Crippen LogP contribution in [0.2, 0.25) is 0 Å². The number of amides is 1. The molecule has 1 atom stereocenters. The van der Waals surface area contributed by atoms with Crippen molar-refractivity contribution >= 4 is 24.0 Å². The van der Waals surface area contributed by atoms with Crippen molar-refractivity contribution in [3.05, 3.63) is 35.7 Å². The van der Waals surface area contributed by atoms with Gasteiger partial charge < -0.3 is 15.5 Å². The van der Waals surface area contributed by atoms with E-state index in [1.807, 2.05) is 39.0 Å². The number of rotatable bonds is 5. The van der Waals surface area contributed by atoms with Crippen molar-refractivity contribution in [1.82, 2.24) is 4.98 Å². The molecule has 0 spiro atoms. The van der Waals surface area contributed by atoms with Crippen molar-refractivity contribution in [2.45, 2.75) is 46.1 Å². The molecule has 0 aliphatic heterocycles. The monoisotopic (exact) mass is 337 g/mol. The molecule has 3 N–H and O–H groups in total. The zero-order valence-electron chi connectivity index (χ0n) is 14.0. The molecule has 0 saturated carbocycles. The van der Waals surface area contributed by atoms with Crippen LogP contribution in [-0.4, -0.2) is 16.4 Å². The van der Waals surface area contributed by atoms with E-state index in [0.717, 1.165) is 23.2 Å². The number of hydrogen-bond donors (Lipinski definition) is 2. The molecule has 6 heteroatoms. The Kier molecular flexibility index (Phi) is 6.36. The summed E-state index contributed by atoms with van der Waals surface area (Å²) >= 11 is 0. The van der Waals surface area contributed by atoms with Crippen LogP contribution in [-0.2, 0) is 4.79 Å². The van der Waals surface area contributed by atoms with E-state index in [9.17, 15) is 4.79 Å². The lowest BCUT2D eigenvalue weighted by Crippen LogP contribution is -2.48. The third kappa shape index (κ3) is 4.56. The van der Waals surface area contributed by atoms with Crippen molar-refractivity contribution in [2.24, 2.45) is 5.73 Å². The van der Waals surface area contributed by atoms with Gasteiger partial charge in [0, 0.05) is 11.3 Å². The first kappa shape index (κ1) is 19.2. The van der Waals surface area contributed by atoms with Gasteiger partial charge in [0.2, 0.25) is 11.8 Å². The number of nitrogens with two attached hydrogens (primary N) is 1. The minimum atomic E-state index is -0.876. The molecule has 0 bridgehead atoms. The molecule has 1 amide bonds. The summed E-state index contributed by atoms with van der Waals surface area (Å²) < 4.78 is 5.45. The van der Waals surface area contributed by atoms with Crippen molar-refractivity contribution in [3.8, 4) is 11.5 Å². The van der Waals surface area contributed by atoms with Crippen LogP contribution in [0.1, 0.15) is 37.9 Å². The molecule has 1 aromatic heterocycles. The molecule has 2 aromatic rings. The molecule has 5 nitrogen and oxygen atoms in total. The first-order valence-electron chi connectivity index (χ1n) is 7.47. The molecule has 1 aromatic carbocycles. The highest BCUT2D eigenvalue weighted by molar-refractivity contribution is 5.98. The molecule has 23 heavy (non-hydrogen) atoms. The van der Waals surface area contributed by atoms with Crippen LogP contribution >= 0.6 is 12.4 Å². The fourth-order valence-corrected chi connectivity index (χ4v) is 2.31. The minimum Gasteiger partial charge on any atom is -0.444 e. The summed E-state index contributed by atoms with van der Waals surface area (Å²) in [4.78, 5) is 16.6. The highest BCUT2D eigenvalue weighted by Crippen LogP contribution is 2.26. The predicted octanol–water partition coefficient (Wildman–Crippen LogP) is 3.84. The van der Waals surface area contributed by atoms with E-state index in [-0.39, 0.29) is 18.3 Å². The van der Waals surface area contributed by atoms with Gasteiger partial charge in [-0.05, 0) is 44.9 Å². The third-order valence-electron chi connectivity index (χ3n) is 3.63. The number of nitrogens with zero attached hydrogens (tertiary/aromatic N) is 1. The van der Waals surface area contributed by atoms with Gasteiger partial charge in [-0.1, -0.05) is 19.4 Å². The van der Waals surface area contributed by atoms with Crippen LogP contribution in [0.4, 0.5) is 5.69 Å². The number of halogens is 1. The summed E-state index contributed by atoms with van der Waals surface area (Å²) in [7, 11) is 0. The molecule has 126 valence electrons. The van der Waals surface area contributed by atoms with Gasteiger partial charge in [-0.25, -0.2) is 4.98 Å². The lowest BCUT2D eigenvalue weighted by Gasteiger charge is -2.23. The standard InChI is InChI=1S/C17H23N3O2.ClH/c1-5-8-17(4,18)16(21)20-13-7-6-11(2)14(9-13)15-19-12(3)10-22-15;/h6-7,9-10H,5,8,18H2,1-4H3,(H,20,21);1H. The van der Waals surface area contributed by atoms with Gasteiger partial charge in [-0.2, -0.15) is 0 Å². The number of benzene rings is 1. The Labute approximate surface area is 143 Å². The maximum atomic E-state index is 12.3. The normalized spacial score (nSPS) is 13.1. The number of carbonyl (C=O) groups excluding carboxylic acids is 1. The minimum absolute atomic E-state index is 0. The number of oxazole rings is 1. The zero-order valence-corrected chi connectivity index (χ0v) is 14.8. The van der Waals surface area contributed by atoms with E-state index >= 15 is 0 Å². The van der Waals surface area contributed by atoms with E-state index in [4.69, 9.17) is 10.2 Å². The Morgan fingerprint density at radius 1 is 1.39 bits per heavy atom. The van der Waals surface area contributed by atoms with Crippen LogP contribution in [0.25, 0.3) is 11.5 Å². The largest absolute Gasteiger partial charge is 0.444 e. The number of nitrogens with one attached hydrogen (secondary N) is 1. The molecule has 0 fully saturated rings. The second-order valence-corrected chi connectivity index (χ2v) is 5.95. The van der Waals surface area contributed by atoms with Gasteiger partial charge in [0.1, 0.15) is 6.26 Å². The first-order valence-corrected chi connectivity index (χ1v) is 7.47. The summed E-state index contributed by atoms with van der Waals surface area (Å²) in [5, 5.41) is 2.88. The summed E-state index contributed by atoms with van der Waals surface area (Å²) in [5.41, 5.74) is 8.58. The van der Waals surface area contributed by atoms with Crippen LogP contribution in [0.3, 0.4) is 0 Å². The maximum Gasteiger partial charge on any atom is 0.244 e. The lowest BCUT2D eigenvalue weighted by atomic mass is 9.96. The SMILES string of the molecule is CCCC(C)(N)C(=O)Nc1ccc(C)c(-c2nc(C)co2)c1.Cl. The highest BCUT2D eigenvalue weighted by atomic mass is 35.5. The van der Waals surface area contributed by atoms with Gasteiger partial charge in [0.05, 0.1) is 11.2 Å². The Bertz CT molecular complexity index is 680. The van der Waals surface area contributed by atoms with Gasteiger partial charge in [-0.3, -0.25) is 4.79 Å². The van der Waals surface area contributed by atoms with E-state index in [2.05, 4.69) is 10.3 Å². The highest BCUT2D eigenvalue weighted by Gasteiger charge is 2.27. The predicted molar refractivity (Wildman–Crippen MR) is 94.8 cm³/mol. The van der Waals surface area contributed by atoms with Crippen LogP contribution in [0.5, 0.6) is 0 Å². The molecular weight excluding hydrogens is 314 g/mol. The van der Waals surface area contributed by atoms with E-state index in [1.54, 1.807) is 13.2 Å². The maximum absolute atomic E-state index is 12.3. The second-order valence-electron chi connectivity index (χ2n) is 5.95. The number of aromatic nitrogens is 1. The van der Waals surface area contributed by atoms with Gasteiger partial charge in [0.25, 0.3) is 0 Å². The van der Waals surface area contributed by atoms with Crippen LogP contribution in [0.15, 0.2) is 28.9 Å². The summed E-state index contributed by atoms with van der Waals surface area (Å²) in [6.45, 7) is 7.61.